The predicted octanol–water partition coefficient (Wildman–Crippen LogP) is 5.10. The Hall–Kier alpha value is -2.36. The van der Waals surface area contributed by atoms with Gasteiger partial charge in [0.2, 0.25) is 0 Å². The van der Waals surface area contributed by atoms with Crippen LogP contribution < -0.4 is 10.3 Å². The first-order chi connectivity index (χ1) is 12.9. The summed E-state index contributed by atoms with van der Waals surface area (Å²) >= 11 is 0. The third-order valence-corrected chi connectivity index (χ3v) is 5.00. The Balaban J connectivity index is 2.12. The van der Waals surface area contributed by atoms with Crippen molar-refractivity contribution in [3.63, 3.8) is 0 Å². The van der Waals surface area contributed by atoms with Crippen LogP contribution >= 0.6 is 0 Å². The Morgan fingerprint density at radius 3 is 2.56 bits per heavy atom. The SMILES string of the molecule is CC(C)CCCOc1cc2c(cc1CC(C)C)c1ccncc1c(=O)n2C. The molecule has 0 N–H and O–H groups in total. The van der Waals surface area contributed by atoms with Gasteiger partial charge in [0, 0.05) is 30.9 Å². The van der Waals surface area contributed by atoms with Gasteiger partial charge in [0.05, 0.1) is 17.5 Å². The zero-order valence-electron chi connectivity index (χ0n) is 17.1. The molecular weight excluding hydrogens is 336 g/mol. The highest BCUT2D eigenvalue weighted by atomic mass is 16.5. The van der Waals surface area contributed by atoms with Gasteiger partial charge in [-0.25, -0.2) is 0 Å². The van der Waals surface area contributed by atoms with Crippen molar-refractivity contribution in [1.29, 1.82) is 0 Å². The summed E-state index contributed by atoms with van der Waals surface area (Å²) < 4.78 is 7.88. The lowest BCUT2D eigenvalue weighted by molar-refractivity contribution is 0.294. The number of aryl methyl sites for hydroxylation is 1. The van der Waals surface area contributed by atoms with Gasteiger partial charge in [-0.05, 0) is 54.2 Å². The lowest BCUT2D eigenvalue weighted by Gasteiger charge is -2.17. The van der Waals surface area contributed by atoms with Crippen LogP contribution in [0.1, 0.15) is 46.1 Å². The van der Waals surface area contributed by atoms with Gasteiger partial charge in [0.1, 0.15) is 5.75 Å². The second kappa shape index (κ2) is 8.12. The quantitative estimate of drug-likeness (QED) is 0.432. The van der Waals surface area contributed by atoms with Gasteiger partial charge < -0.3 is 9.30 Å². The highest BCUT2D eigenvalue weighted by Gasteiger charge is 2.14. The Labute approximate surface area is 161 Å². The lowest BCUT2D eigenvalue weighted by atomic mass is 9.98. The molecule has 0 amide bonds. The minimum Gasteiger partial charge on any atom is -0.493 e. The van der Waals surface area contributed by atoms with E-state index < -0.39 is 0 Å². The van der Waals surface area contributed by atoms with Gasteiger partial charge in [0.25, 0.3) is 5.56 Å². The number of fused-ring (bicyclic) bond motifs is 3. The molecule has 0 fully saturated rings. The van der Waals surface area contributed by atoms with E-state index in [4.69, 9.17) is 4.74 Å². The molecule has 0 saturated heterocycles. The van der Waals surface area contributed by atoms with Crippen molar-refractivity contribution in [3.8, 4) is 5.75 Å². The number of rotatable bonds is 7. The zero-order valence-corrected chi connectivity index (χ0v) is 17.1. The first kappa shape index (κ1) is 19.4. The molecule has 27 heavy (non-hydrogen) atoms. The molecule has 2 heterocycles. The van der Waals surface area contributed by atoms with Crippen molar-refractivity contribution in [2.75, 3.05) is 6.61 Å². The summed E-state index contributed by atoms with van der Waals surface area (Å²) in [7, 11) is 1.82. The average Bonchev–Trinajstić information content (AvgIpc) is 2.63. The third-order valence-electron chi connectivity index (χ3n) is 5.00. The maximum atomic E-state index is 12.7. The van der Waals surface area contributed by atoms with Gasteiger partial charge in [-0.15, -0.1) is 0 Å². The topological polar surface area (TPSA) is 44.1 Å². The standard InChI is InChI=1S/C23H30N2O2/c1-15(2)7-6-10-27-22-13-21-19(12-17(22)11-16(3)4)18-8-9-24-14-20(18)23(26)25(21)5/h8-9,12-16H,6-7,10-11H2,1-5H3. The number of benzene rings is 1. The number of nitrogens with zero attached hydrogens (tertiary/aromatic N) is 2. The molecule has 0 aliphatic carbocycles. The van der Waals surface area contributed by atoms with E-state index in [1.165, 1.54) is 5.56 Å². The summed E-state index contributed by atoms with van der Waals surface area (Å²) in [4.78, 5) is 16.9. The van der Waals surface area contributed by atoms with Crippen LogP contribution in [0, 0.1) is 11.8 Å². The van der Waals surface area contributed by atoms with E-state index in [2.05, 4.69) is 38.7 Å². The first-order valence-corrected chi connectivity index (χ1v) is 9.90. The van der Waals surface area contributed by atoms with Crippen molar-refractivity contribution in [2.45, 2.75) is 47.0 Å². The van der Waals surface area contributed by atoms with Gasteiger partial charge >= 0.3 is 0 Å². The van der Waals surface area contributed by atoms with Crippen LogP contribution in [0.2, 0.25) is 0 Å². The van der Waals surface area contributed by atoms with E-state index in [0.717, 1.165) is 41.3 Å². The van der Waals surface area contributed by atoms with E-state index in [1.54, 1.807) is 17.0 Å². The zero-order chi connectivity index (χ0) is 19.6. The van der Waals surface area contributed by atoms with E-state index >= 15 is 0 Å². The molecule has 4 nitrogen and oxygen atoms in total. The monoisotopic (exact) mass is 366 g/mol. The Morgan fingerprint density at radius 1 is 1.07 bits per heavy atom. The van der Waals surface area contributed by atoms with Crippen LogP contribution in [0.15, 0.2) is 35.4 Å². The Morgan fingerprint density at radius 2 is 1.85 bits per heavy atom. The molecule has 0 aliphatic rings. The van der Waals surface area contributed by atoms with Crippen molar-refractivity contribution >= 4 is 21.7 Å². The van der Waals surface area contributed by atoms with Crippen molar-refractivity contribution in [3.05, 3.63) is 46.5 Å². The van der Waals surface area contributed by atoms with E-state index in [9.17, 15) is 4.79 Å². The molecular formula is C23H30N2O2. The fourth-order valence-electron chi connectivity index (χ4n) is 3.60. The summed E-state index contributed by atoms with van der Waals surface area (Å²) in [5.74, 6) is 2.12. The van der Waals surface area contributed by atoms with Gasteiger partial charge in [0.15, 0.2) is 0 Å². The molecule has 0 aliphatic heterocycles. The third kappa shape index (κ3) is 4.15. The number of aromatic nitrogens is 2. The van der Waals surface area contributed by atoms with Gasteiger partial charge in [-0.3, -0.25) is 9.78 Å². The molecule has 144 valence electrons. The summed E-state index contributed by atoms with van der Waals surface area (Å²) in [6.07, 6.45) is 6.56. The molecule has 2 aromatic heterocycles. The van der Waals surface area contributed by atoms with Crippen LogP contribution in [-0.2, 0) is 13.5 Å². The number of pyridine rings is 2. The number of hydrogen-bond acceptors (Lipinski definition) is 3. The molecule has 0 saturated carbocycles. The van der Waals surface area contributed by atoms with E-state index in [-0.39, 0.29) is 5.56 Å². The molecule has 3 rings (SSSR count). The van der Waals surface area contributed by atoms with E-state index in [0.29, 0.717) is 23.8 Å². The van der Waals surface area contributed by atoms with E-state index in [1.807, 2.05) is 19.2 Å². The largest absolute Gasteiger partial charge is 0.493 e. The summed E-state index contributed by atoms with van der Waals surface area (Å²) in [5.41, 5.74) is 2.09. The fraction of sp³-hybridized carbons (Fsp3) is 0.478. The van der Waals surface area contributed by atoms with Crippen LogP contribution in [0.4, 0.5) is 0 Å². The molecule has 1 aromatic carbocycles. The lowest BCUT2D eigenvalue weighted by Crippen LogP contribution is -2.18. The summed E-state index contributed by atoms with van der Waals surface area (Å²) in [6, 6.07) is 6.18. The number of ether oxygens (including phenoxy) is 1. The normalized spacial score (nSPS) is 11.8. The summed E-state index contributed by atoms with van der Waals surface area (Å²) in [6.45, 7) is 9.61. The predicted molar refractivity (Wildman–Crippen MR) is 113 cm³/mol. The van der Waals surface area contributed by atoms with Crippen LogP contribution in [0.3, 0.4) is 0 Å². The first-order valence-electron chi connectivity index (χ1n) is 9.90. The highest BCUT2D eigenvalue weighted by molar-refractivity contribution is 6.05. The molecule has 0 spiro atoms. The number of hydrogen-bond donors (Lipinski definition) is 0. The minimum atomic E-state index is -0.0204. The average molecular weight is 367 g/mol. The van der Waals surface area contributed by atoms with Crippen molar-refractivity contribution in [1.82, 2.24) is 9.55 Å². The maximum absolute atomic E-state index is 12.7. The molecule has 0 bridgehead atoms. The van der Waals surface area contributed by atoms with Crippen molar-refractivity contribution < 1.29 is 4.74 Å². The fourth-order valence-corrected chi connectivity index (χ4v) is 3.60. The highest BCUT2D eigenvalue weighted by Crippen LogP contribution is 2.31. The van der Waals surface area contributed by atoms with Gasteiger partial charge in [-0.2, -0.15) is 0 Å². The van der Waals surface area contributed by atoms with Gasteiger partial charge in [-0.1, -0.05) is 27.7 Å². The minimum absolute atomic E-state index is 0.0204. The molecule has 0 unspecified atom stereocenters. The molecule has 3 aromatic rings. The molecule has 0 radical (unpaired) electrons. The van der Waals surface area contributed by atoms with Crippen molar-refractivity contribution in [2.24, 2.45) is 18.9 Å². The van der Waals surface area contributed by atoms with Crippen LogP contribution in [-0.4, -0.2) is 16.2 Å². The maximum Gasteiger partial charge on any atom is 0.260 e. The smallest absolute Gasteiger partial charge is 0.260 e. The Bertz CT molecular complexity index is 1000. The second-order valence-corrected chi connectivity index (χ2v) is 8.25. The van der Waals surface area contributed by atoms with Crippen LogP contribution in [0.25, 0.3) is 21.7 Å². The Kier molecular flexibility index (Phi) is 5.83. The second-order valence-electron chi connectivity index (χ2n) is 8.25. The molecule has 0 atom stereocenters. The summed E-state index contributed by atoms with van der Waals surface area (Å²) in [5, 5.41) is 2.70. The van der Waals surface area contributed by atoms with Crippen LogP contribution in [0.5, 0.6) is 5.75 Å². The molecule has 4 heteroatoms.